The maximum atomic E-state index is 13.5. The molecule has 4 N–H and O–H groups in total. The number of carbonyl (C=O) groups is 2. The zero-order valence-corrected chi connectivity index (χ0v) is 21.5. The van der Waals surface area contributed by atoms with Crippen molar-refractivity contribution in [3.8, 4) is 0 Å². The van der Waals surface area contributed by atoms with Crippen LogP contribution in [0.1, 0.15) is 28.5 Å². The zero-order valence-electron chi connectivity index (χ0n) is 21.5. The molecular formula is C30H35N5O2. The highest BCUT2D eigenvalue weighted by Crippen LogP contribution is 2.30. The lowest BCUT2D eigenvalue weighted by Crippen LogP contribution is -2.48. The van der Waals surface area contributed by atoms with Crippen molar-refractivity contribution in [3.05, 3.63) is 102 Å². The van der Waals surface area contributed by atoms with Crippen molar-refractivity contribution < 1.29 is 9.59 Å². The molecule has 7 heteroatoms. The number of amides is 2. The average molecular weight is 498 g/mol. The molecule has 4 rings (SSSR count). The van der Waals surface area contributed by atoms with Gasteiger partial charge in [0.25, 0.3) is 5.91 Å². The highest BCUT2D eigenvalue weighted by Gasteiger charge is 2.24. The van der Waals surface area contributed by atoms with Gasteiger partial charge in [0.05, 0.1) is 11.7 Å². The van der Waals surface area contributed by atoms with Crippen LogP contribution in [0.2, 0.25) is 0 Å². The first-order valence-electron chi connectivity index (χ1n) is 12.7. The fourth-order valence-electron chi connectivity index (χ4n) is 4.73. The van der Waals surface area contributed by atoms with E-state index in [4.69, 9.17) is 5.73 Å². The normalized spacial score (nSPS) is 11.8. The number of hydrogen-bond acceptors (Lipinski definition) is 4. The molecule has 0 saturated carbocycles. The summed E-state index contributed by atoms with van der Waals surface area (Å²) >= 11 is 0. The summed E-state index contributed by atoms with van der Waals surface area (Å²) in [5.74, 6) is -0.446. The summed E-state index contributed by atoms with van der Waals surface area (Å²) in [4.78, 5) is 32.8. The SMILES string of the molecule is CCN(CCN[C@@H](Cc1ccccc1)C(=O)N(C)Cc1ccccc1)c1c(C(N)=O)[nH]c2ccccc12. The molecule has 0 fully saturated rings. The molecule has 1 aromatic heterocycles. The summed E-state index contributed by atoms with van der Waals surface area (Å²) in [7, 11) is 1.85. The molecule has 0 aliphatic rings. The minimum absolute atomic E-state index is 0.0423. The molecule has 1 heterocycles. The van der Waals surface area contributed by atoms with Crippen molar-refractivity contribution in [2.75, 3.05) is 31.6 Å². The Bertz CT molecular complexity index is 1320. The number of benzene rings is 3. The lowest BCUT2D eigenvalue weighted by molar-refractivity contribution is -0.132. The van der Waals surface area contributed by atoms with Gasteiger partial charge in [-0.1, -0.05) is 78.9 Å². The van der Waals surface area contributed by atoms with Gasteiger partial charge in [-0.25, -0.2) is 0 Å². The molecule has 0 spiro atoms. The summed E-state index contributed by atoms with van der Waals surface area (Å²) < 4.78 is 0. The number of para-hydroxylation sites is 1. The Labute approximate surface area is 218 Å². The van der Waals surface area contributed by atoms with Crippen LogP contribution in [0.3, 0.4) is 0 Å². The number of rotatable bonds is 12. The quantitative estimate of drug-likeness (QED) is 0.276. The molecule has 7 nitrogen and oxygen atoms in total. The number of H-pyrrole nitrogens is 1. The van der Waals surface area contributed by atoms with Crippen LogP contribution in [-0.2, 0) is 17.8 Å². The highest BCUT2D eigenvalue weighted by atomic mass is 16.2. The van der Waals surface area contributed by atoms with Gasteiger partial charge in [-0.05, 0) is 30.5 Å². The number of carbonyl (C=O) groups excluding carboxylic acids is 2. The molecule has 37 heavy (non-hydrogen) atoms. The van der Waals surface area contributed by atoms with Gasteiger partial charge in [0, 0.05) is 44.1 Å². The van der Waals surface area contributed by atoms with Crippen LogP contribution in [0.5, 0.6) is 0 Å². The third-order valence-corrected chi connectivity index (χ3v) is 6.62. The van der Waals surface area contributed by atoms with Crippen LogP contribution in [-0.4, -0.2) is 54.4 Å². The van der Waals surface area contributed by atoms with Gasteiger partial charge in [-0.3, -0.25) is 9.59 Å². The van der Waals surface area contributed by atoms with Crippen LogP contribution < -0.4 is 16.0 Å². The predicted octanol–water partition coefficient (Wildman–Crippen LogP) is 3.95. The van der Waals surface area contributed by atoms with Gasteiger partial charge < -0.3 is 25.8 Å². The summed E-state index contributed by atoms with van der Waals surface area (Å²) in [6.07, 6.45) is 0.588. The molecule has 4 aromatic rings. The molecule has 0 unspecified atom stereocenters. The monoisotopic (exact) mass is 497 g/mol. The van der Waals surface area contributed by atoms with Crippen molar-refractivity contribution in [2.45, 2.75) is 25.9 Å². The van der Waals surface area contributed by atoms with Gasteiger partial charge in [0.2, 0.25) is 5.91 Å². The lowest BCUT2D eigenvalue weighted by atomic mass is 10.0. The van der Waals surface area contributed by atoms with Crippen LogP contribution in [0, 0.1) is 0 Å². The number of nitrogens with two attached hydrogens (primary N) is 1. The average Bonchev–Trinajstić information content (AvgIpc) is 3.31. The summed E-state index contributed by atoms with van der Waals surface area (Å²) in [6, 6.07) is 27.5. The van der Waals surface area contributed by atoms with E-state index in [0.29, 0.717) is 38.3 Å². The maximum Gasteiger partial charge on any atom is 0.267 e. The van der Waals surface area contributed by atoms with E-state index in [1.165, 1.54) is 0 Å². The van der Waals surface area contributed by atoms with Crippen LogP contribution in [0.25, 0.3) is 10.9 Å². The Morgan fingerprint density at radius 1 is 0.919 bits per heavy atom. The fourth-order valence-corrected chi connectivity index (χ4v) is 4.73. The molecule has 0 aliphatic heterocycles. The standard InChI is InChI=1S/C30H35N5O2/c1-3-35(28-24-16-10-11-17-25(24)33-27(28)29(31)36)19-18-32-26(20-22-12-6-4-7-13-22)30(37)34(2)21-23-14-8-5-9-15-23/h4-17,26,32-33H,3,18-21H2,1-2H3,(H2,31,36)/t26-/m0/s1. The molecule has 0 radical (unpaired) electrons. The second-order valence-corrected chi connectivity index (χ2v) is 9.21. The fraction of sp³-hybridized carbons (Fsp3) is 0.267. The molecule has 2 amide bonds. The number of hydrogen-bond donors (Lipinski definition) is 3. The van der Waals surface area contributed by atoms with Gasteiger partial charge in [-0.2, -0.15) is 0 Å². The third kappa shape index (κ3) is 6.37. The van der Waals surface area contributed by atoms with Crippen molar-refractivity contribution in [1.82, 2.24) is 15.2 Å². The van der Waals surface area contributed by atoms with Gasteiger partial charge in [-0.15, -0.1) is 0 Å². The Morgan fingerprint density at radius 2 is 1.54 bits per heavy atom. The van der Waals surface area contributed by atoms with Crippen LogP contribution in [0.4, 0.5) is 5.69 Å². The summed E-state index contributed by atoms with van der Waals surface area (Å²) in [5, 5.41) is 4.46. The van der Waals surface area contributed by atoms with Crippen molar-refractivity contribution >= 4 is 28.4 Å². The lowest BCUT2D eigenvalue weighted by Gasteiger charge is -2.28. The highest BCUT2D eigenvalue weighted by molar-refractivity contribution is 6.07. The second-order valence-electron chi connectivity index (χ2n) is 9.21. The van der Waals surface area contributed by atoms with E-state index < -0.39 is 5.91 Å². The Hall–Kier alpha value is -4.10. The van der Waals surface area contributed by atoms with E-state index in [1.54, 1.807) is 4.90 Å². The van der Waals surface area contributed by atoms with E-state index >= 15 is 0 Å². The zero-order chi connectivity index (χ0) is 26.2. The third-order valence-electron chi connectivity index (χ3n) is 6.62. The van der Waals surface area contributed by atoms with E-state index in [-0.39, 0.29) is 11.9 Å². The Balaban J connectivity index is 1.50. The first-order chi connectivity index (χ1) is 18.0. The first kappa shape index (κ1) is 26.0. The van der Waals surface area contributed by atoms with Crippen molar-refractivity contribution in [1.29, 1.82) is 0 Å². The minimum atomic E-state index is -0.489. The summed E-state index contributed by atoms with van der Waals surface area (Å²) in [5.41, 5.74) is 9.98. The van der Waals surface area contributed by atoms with E-state index in [2.05, 4.69) is 15.2 Å². The topological polar surface area (TPSA) is 94.5 Å². The number of primary amides is 1. The number of nitrogens with zero attached hydrogens (tertiary/aromatic N) is 2. The van der Waals surface area contributed by atoms with E-state index in [9.17, 15) is 9.59 Å². The first-order valence-corrected chi connectivity index (χ1v) is 12.7. The largest absolute Gasteiger partial charge is 0.368 e. The molecule has 3 aromatic carbocycles. The Morgan fingerprint density at radius 3 is 2.19 bits per heavy atom. The molecule has 0 saturated heterocycles. The minimum Gasteiger partial charge on any atom is -0.368 e. The van der Waals surface area contributed by atoms with Crippen molar-refractivity contribution in [3.63, 3.8) is 0 Å². The smallest absolute Gasteiger partial charge is 0.267 e. The van der Waals surface area contributed by atoms with E-state index in [0.717, 1.165) is 27.7 Å². The number of fused-ring (bicyclic) bond motifs is 1. The number of aromatic amines is 1. The van der Waals surface area contributed by atoms with E-state index in [1.807, 2.05) is 98.9 Å². The number of likely N-dealkylation sites (N-methyl/N-ethyl adjacent to an activating group) is 2. The molecular weight excluding hydrogens is 462 g/mol. The number of aromatic nitrogens is 1. The Kier molecular flexibility index (Phi) is 8.59. The van der Waals surface area contributed by atoms with Gasteiger partial charge in [0.15, 0.2) is 0 Å². The number of nitrogens with one attached hydrogen (secondary N) is 2. The van der Waals surface area contributed by atoms with Crippen LogP contribution >= 0.6 is 0 Å². The maximum absolute atomic E-state index is 13.5. The molecule has 0 aliphatic carbocycles. The van der Waals surface area contributed by atoms with Crippen LogP contribution in [0.15, 0.2) is 84.9 Å². The molecule has 1 atom stereocenters. The second kappa shape index (κ2) is 12.2. The molecule has 192 valence electrons. The van der Waals surface area contributed by atoms with Gasteiger partial charge in [0.1, 0.15) is 5.69 Å². The van der Waals surface area contributed by atoms with Crippen molar-refractivity contribution in [2.24, 2.45) is 5.73 Å². The molecule has 0 bridgehead atoms. The predicted molar refractivity (Wildman–Crippen MR) is 150 cm³/mol. The van der Waals surface area contributed by atoms with Gasteiger partial charge >= 0.3 is 0 Å². The number of anilines is 1. The summed E-state index contributed by atoms with van der Waals surface area (Å²) in [6.45, 7) is 4.46.